The number of benzene rings is 2. The number of unbranched alkanes of at least 4 members (excludes halogenated alkanes) is 12. The van der Waals surface area contributed by atoms with Gasteiger partial charge in [0, 0.05) is 19.6 Å². The van der Waals surface area contributed by atoms with E-state index in [0.717, 1.165) is 56.3 Å². The Labute approximate surface area is 299 Å². The van der Waals surface area contributed by atoms with Gasteiger partial charge in [0.1, 0.15) is 6.17 Å². The number of hydrogen-bond acceptors (Lipinski definition) is 5. The number of hydrogen-bond donors (Lipinski definition) is 1. The van der Waals surface area contributed by atoms with Crippen molar-refractivity contribution in [3.05, 3.63) is 82.6 Å². The van der Waals surface area contributed by atoms with E-state index >= 15 is 0 Å². The molecule has 2 aromatic carbocycles. The van der Waals surface area contributed by atoms with Crippen molar-refractivity contribution < 1.29 is 19.4 Å². The van der Waals surface area contributed by atoms with Crippen LogP contribution in [0.2, 0.25) is 0 Å². The van der Waals surface area contributed by atoms with E-state index in [1.807, 2.05) is 0 Å². The molecule has 2 aromatic rings. The number of carboxylic acids is 1. The lowest BCUT2D eigenvalue weighted by atomic mass is 9.91. The molecule has 0 saturated carbocycles. The fourth-order valence-corrected chi connectivity index (χ4v) is 6.65. The molecule has 274 valence electrons. The molecule has 1 unspecified atom stereocenters. The second kappa shape index (κ2) is 25.8. The molecule has 3 rings (SSSR count). The largest absolute Gasteiger partial charge is 0.478 e. The molecule has 0 spiro atoms. The Kier molecular flexibility index (Phi) is 22.1. The number of nitrogens with zero attached hydrogens (tertiary/aromatic N) is 2. The molecule has 0 fully saturated rings. The first kappa shape index (κ1) is 42.0. The molecule has 1 aliphatic heterocycles. The number of aromatic carboxylic acids is 1. The summed E-state index contributed by atoms with van der Waals surface area (Å²) in [4.78, 5) is 29.0. The van der Waals surface area contributed by atoms with E-state index in [4.69, 9.17) is 4.74 Å². The topological polar surface area (TPSA) is 70.1 Å². The van der Waals surface area contributed by atoms with Crippen LogP contribution in [-0.4, -0.2) is 53.6 Å². The van der Waals surface area contributed by atoms with Crippen LogP contribution in [0.4, 0.5) is 0 Å². The number of carbonyl (C=O) groups excluding carboxylic acids is 1. The average molecular weight is 677 g/mol. The van der Waals surface area contributed by atoms with Gasteiger partial charge in [0.15, 0.2) is 0 Å². The summed E-state index contributed by atoms with van der Waals surface area (Å²) in [5.41, 5.74) is 3.85. The molecular weight excluding hydrogens is 608 g/mol. The standard InChI is InChI=1S/C25H40O4.C18H28N2/c1-4-6-8-10-12-14-16-20-18-22(24(26)27)23(25(28)29-3)19-21(20)17-15-13-11-9-7-5-2;1-3-5-13-19-15-10-16-20(14-6-4-2)18(19)17-11-8-7-9-12-17/h18-19H,4-17H2,1-3H3,(H,26,27);7-12,15,18H,3-6,13-14,16H2,1-2H3. The molecule has 0 amide bonds. The lowest BCUT2D eigenvalue weighted by molar-refractivity contribution is 0.0582. The zero-order chi connectivity index (χ0) is 35.7. The van der Waals surface area contributed by atoms with Crippen LogP contribution in [0.5, 0.6) is 0 Å². The molecule has 0 aromatic heterocycles. The van der Waals surface area contributed by atoms with E-state index in [2.05, 4.69) is 80.1 Å². The van der Waals surface area contributed by atoms with E-state index in [9.17, 15) is 14.7 Å². The summed E-state index contributed by atoms with van der Waals surface area (Å²) in [6, 6.07) is 14.4. The van der Waals surface area contributed by atoms with Gasteiger partial charge in [0.2, 0.25) is 0 Å². The van der Waals surface area contributed by atoms with Crippen LogP contribution in [0.3, 0.4) is 0 Å². The van der Waals surface area contributed by atoms with Gasteiger partial charge in [0.25, 0.3) is 0 Å². The molecule has 1 heterocycles. The summed E-state index contributed by atoms with van der Waals surface area (Å²) in [5, 5.41) is 9.58. The van der Waals surface area contributed by atoms with Gasteiger partial charge in [-0.15, -0.1) is 0 Å². The third-order valence-electron chi connectivity index (χ3n) is 9.54. The number of carboxylic acid groups (broad SMARTS) is 1. The molecule has 1 aliphatic rings. The van der Waals surface area contributed by atoms with E-state index < -0.39 is 11.9 Å². The third-order valence-corrected chi connectivity index (χ3v) is 9.54. The Balaban J connectivity index is 0.000000362. The van der Waals surface area contributed by atoms with Crippen molar-refractivity contribution in [2.24, 2.45) is 0 Å². The number of ether oxygens (including phenoxy) is 1. The van der Waals surface area contributed by atoms with E-state index in [-0.39, 0.29) is 11.1 Å². The SMILES string of the molecule is CCCCCCCCc1cc(C(=O)O)c(C(=O)OC)cc1CCCCCCCC.CCCCN1C=CCN(CCCC)C1c1ccccc1. The summed E-state index contributed by atoms with van der Waals surface area (Å²) < 4.78 is 4.83. The molecule has 0 radical (unpaired) electrons. The highest BCUT2D eigenvalue weighted by molar-refractivity contribution is 6.02. The van der Waals surface area contributed by atoms with Crippen molar-refractivity contribution in [1.29, 1.82) is 0 Å². The highest BCUT2D eigenvalue weighted by Crippen LogP contribution is 2.29. The maximum Gasteiger partial charge on any atom is 0.338 e. The number of aryl methyl sites for hydroxylation is 2. The number of carbonyl (C=O) groups is 2. The summed E-state index contributed by atoms with van der Waals surface area (Å²) >= 11 is 0. The monoisotopic (exact) mass is 677 g/mol. The average Bonchev–Trinajstić information content (AvgIpc) is 3.13. The molecule has 0 aliphatic carbocycles. The lowest BCUT2D eigenvalue weighted by Crippen LogP contribution is -2.43. The van der Waals surface area contributed by atoms with E-state index in [1.165, 1.54) is 103 Å². The van der Waals surface area contributed by atoms with Gasteiger partial charge in [-0.05, 0) is 73.5 Å². The number of esters is 1. The zero-order valence-electron chi connectivity index (χ0n) is 31.7. The van der Waals surface area contributed by atoms with Crippen molar-refractivity contribution in [1.82, 2.24) is 9.80 Å². The Morgan fingerprint density at radius 2 is 1.20 bits per heavy atom. The van der Waals surface area contributed by atoms with Crippen LogP contribution >= 0.6 is 0 Å². The summed E-state index contributed by atoms with van der Waals surface area (Å²) in [6.45, 7) is 12.4. The molecule has 49 heavy (non-hydrogen) atoms. The van der Waals surface area contributed by atoms with Gasteiger partial charge >= 0.3 is 11.9 Å². The summed E-state index contributed by atoms with van der Waals surface area (Å²) in [5.74, 6) is -1.64. The van der Waals surface area contributed by atoms with Crippen LogP contribution in [0.15, 0.2) is 54.7 Å². The van der Waals surface area contributed by atoms with Gasteiger partial charge < -0.3 is 14.7 Å². The van der Waals surface area contributed by atoms with Gasteiger partial charge in [-0.25, -0.2) is 9.59 Å². The molecule has 6 heteroatoms. The maximum atomic E-state index is 12.1. The second-order valence-corrected chi connectivity index (χ2v) is 13.6. The normalized spacial score (nSPS) is 14.4. The second-order valence-electron chi connectivity index (χ2n) is 13.6. The van der Waals surface area contributed by atoms with Crippen molar-refractivity contribution in [2.75, 3.05) is 26.7 Å². The molecule has 1 N–H and O–H groups in total. The Bertz CT molecular complexity index is 1210. The van der Waals surface area contributed by atoms with Gasteiger partial charge in [0.05, 0.1) is 18.2 Å². The van der Waals surface area contributed by atoms with Crippen molar-refractivity contribution in [3.63, 3.8) is 0 Å². The minimum absolute atomic E-state index is 0.0597. The summed E-state index contributed by atoms with van der Waals surface area (Å²) in [7, 11) is 1.30. The minimum atomic E-state index is -1.07. The fraction of sp³-hybridized carbons (Fsp3) is 0.628. The lowest BCUT2D eigenvalue weighted by Gasteiger charge is -2.42. The first-order valence-electron chi connectivity index (χ1n) is 19.6. The van der Waals surface area contributed by atoms with Crippen LogP contribution in [-0.2, 0) is 17.6 Å². The molecule has 0 saturated heterocycles. The van der Waals surface area contributed by atoms with Crippen LogP contribution in [0, 0.1) is 0 Å². The zero-order valence-corrected chi connectivity index (χ0v) is 31.7. The van der Waals surface area contributed by atoms with Crippen LogP contribution in [0.1, 0.15) is 174 Å². The van der Waals surface area contributed by atoms with Crippen molar-refractivity contribution in [2.45, 2.75) is 149 Å². The summed E-state index contributed by atoms with van der Waals surface area (Å²) in [6.07, 6.45) is 26.3. The van der Waals surface area contributed by atoms with Crippen molar-refractivity contribution >= 4 is 11.9 Å². The fourth-order valence-electron chi connectivity index (χ4n) is 6.65. The number of rotatable bonds is 23. The highest BCUT2D eigenvalue weighted by Gasteiger charge is 2.26. The molecule has 6 nitrogen and oxygen atoms in total. The maximum absolute atomic E-state index is 12.1. The first-order chi connectivity index (χ1) is 23.9. The Morgan fingerprint density at radius 1 is 0.694 bits per heavy atom. The Morgan fingerprint density at radius 3 is 1.73 bits per heavy atom. The van der Waals surface area contributed by atoms with Gasteiger partial charge in [-0.3, -0.25) is 4.90 Å². The first-order valence-corrected chi connectivity index (χ1v) is 19.6. The van der Waals surface area contributed by atoms with Gasteiger partial charge in [-0.2, -0.15) is 0 Å². The van der Waals surface area contributed by atoms with Crippen LogP contribution in [0.25, 0.3) is 0 Å². The molecular formula is C43H68N2O4. The van der Waals surface area contributed by atoms with E-state index in [0.29, 0.717) is 6.17 Å². The quantitative estimate of drug-likeness (QED) is 0.0933. The van der Waals surface area contributed by atoms with Gasteiger partial charge in [-0.1, -0.05) is 141 Å². The number of methoxy groups -OCH3 is 1. The molecule has 0 bridgehead atoms. The Hall–Kier alpha value is -3.12. The minimum Gasteiger partial charge on any atom is -0.478 e. The molecule has 1 atom stereocenters. The predicted octanol–water partition coefficient (Wildman–Crippen LogP) is 11.4. The van der Waals surface area contributed by atoms with Crippen LogP contribution < -0.4 is 0 Å². The van der Waals surface area contributed by atoms with Crippen molar-refractivity contribution in [3.8, 4) is 0 Å². The highest BCUT2D eigenvalue weighted by atomic mass is 16.5. The van der Waals surface area contributed by atoms with E-state index in [1.54, 1.807) is 12.1 Å². The third kappa shape index (κ3) is 15.5. The predicted molar refractivity (Wildman–Crippen MR) is 205 cm³/mol. The smallest absolute Gasteiger partial charge is 0.338 e.